The van der Waals surface area contributed by atoms with Crippen LogP contribution < -0.4 is 5.56 Å². The molecule has 164 valence electrons. The SMILES string of the molecule is Cc1cc2cc([C@H](c3nnnn3C3CCCC3)N3CCN(C)CC3)c(=O)[nH]c2cc1C. The van der Waals surface area contributed by atoms with Gasteiger partial charge in [0.25, 0.3) is 5.56 Å². The summed E-state index contributed by atoms with van der Waals surface area (Å²) >= 11 is 0. The predicted molar refractivity (Wildman–Crippen MR) is 120 cm³/mol. The molecule has 31 heavy (non-hydrogen) atoms. The van der Waals surface area contributed by atoms with E-state index in [1.807, 2.05) is 4.68 Å². The number of H-pyrrole nitrogens is 1. The Morgan fingerprint density at radius 1 is 1.03 bits per heavy atom. The van der Waals surface area contributed by atoms with Crippen molar-refractivity contribution in [3.8, 4) is 0 Å². The van der Waals surface area contributed by atoms with Crippen LogP contribution in [0, 0.1) is 13.8 Å². The number of aryl methyl sites for hydroxylation is 2. The first-order valence-electron chi connectivity index (χ1n) is 11.4. The minimum atomic E-state index is -0.251. The number of hydrogen-bond donors (Lipinski definition) is 1. The minimum absolute atomic E-state index is 0.0550. The van der Waals surface area contributed by atoms with Gasteiger partial charge in [-0.1, -0.05) is 12.8 Å². The van der Waals surface area contributed by atoms with Crippen molar-refractivity contribution in [1.29, 1.82) is 0 Å². The van der Waals surface area contributed by atoms with E-state index in [0.29, 0.717) is 6.04 Å². The van der Waals surface area contributed by atoms with Crippen LogP contribution in [-0.4, -0.2) is 68.2 Å². The van der Waals surface area contributed by atoms with Crippen LogP contribution in [0.4, 0.5) is 0 Å². The van der Waals surface area contributed by atoms with Crippen molar-refractivity contribution in [1.82, 2.24) is 35.0 Å². The number of benzene rings is 1. The molecule has 5 rings (SSSR count). The zero-order valence-corrected chi connectivity index (χ0v) is 18.6. The maximum Gasteiger partial charge on any atom is 0.253 e. The molecular formula is C23H31N7O. The number of aromatic nitrogens is 5. The first-order valence-corrected chi connectivity index (χ1v) is 11.4. The Kier molecular flexibility index (Phi) is 5.35. The van der Waals surface area contributed by atoms with Crippen LogP contribution in [0.5, 0.6) is 0 Å². The molecule has 2 fully saturated rings. The summed E-state index contributed by atoms with van der Waals surface area (Å²) in [4.78, 5) is 21.2. The Morgan fingerprint density at radius 3 is 2.48 bits per heavy atom. The highest BCUT2D eigenvalue weighted by atomic mass is 16.1. The summed E-state index contributed by atoms with van der Waals surface area (Å²) in [7, 11) is 2.14. The summed E-state index contributed by atoms with van der Waals surface area (Å²) in [5, 5.41) is 14.0. The second-order valence-corrected chi connectivity index (χ2v) is 9.24. The fourth-order valence-corrected chi connectivity index (χ4v) is 5.07. The van der Waals surface area contributed by atoms with Gasteiger partial charge in [0.2, 0.25) is 0 Å². The molecule has 1 N–H and O–H groups in total. The van der Waals surface area contributed by atoms with Crippen molar-refractivity contribution in [2.45, 2.75) is 51.6 Å². The summed E-state index contributed by atoms with van der Waals surface area (Å²) in [6, 6.07) is 6.34. The third kappa shape index (κ3) is 3.78. The van der Waals surface area contributed by atoms with E-state index in [4.69, 9.17) is 0 Å². The van der Waals surface area contributed by atoms with Gasteiger partial charge in [0, 0.05) is 37.3 Å². The van der Waals surface area contributed by atoms with E-state index in [2.05, 4.69) is 69.4 Å². The number of aromatic amines is 1. The molecule has 3 aromatic rings. The van der Waals surface area contributed by atoms with Gasteiger partial charge in [-0.05, 0) is 78.9 Å². The topological polar surface area (TPSA) is 82.9 Å². The molecule has 2 aliphatic rings. The number of nitrogens with zero attached hydrogens (tertiary/aromatic N) is 6. The average Bonchev–Trinajstić information content (AvgIpc) is 3.43. The molecule has 1 aromatic carbocycles. The van der Waals surface area contributed by atoms with Crippen molar-refractivity contribution >= 4 is 10.9 Å². The molecule has 8 nitrogen and oxygen atoms in total. The summed E-state index contributed by atoms with van der Waals surface area (Å²) in [6.07, 6.45) is 4.61. The summed E-state index contributed by atoms with van der Waals surface area (Å²) in [5.74, 6) is 0.796. The monoisotopic (exact) mass is 421 g/mol. The van der Waals surface area contributed by atoms with Crippen molar-refractivity contribution in [2.75, 3.05) is 33.2 Å². The quantitative estimate of drug-likeness (QED) is 0.697. The summed E-state index contributed by atoms with van der Waals surface area (Å²) < 4.78 is 2.00. The first-order chi connectivity index (χ1) is 15.0. The molecule has 1 atom stereocenters. The number of pyridine rings is 1. The molecular weight excluding hydrogens is 390 g/mol. The zero-order valence-electron chi connectivity index (χ0n) is 18.6. The maximum absolute atomic E-state index is 13.3. The molecule has 3 heterocycles. The fourth-order valence-electron chi connectivity index (χ4n) is 5.07. The Hall–Kier alpha value is -2.58. The molecule has 0 spiro atoms. The van der Waals surface area contributed by atoms with Crippen molar-refractivity contribution in [3.63, 3.8) is 0 Å². The van der Waals surface area contributed by atoms with E-state index in [9.17, 15) is 4.79 Å². The lowest BCUT2D eigenvalue weighted by molar-refractivity contribution is 0.120. The van der Waals surface area contributed by atoms with Crippen molar-refractivity contribution < 1.29 is 0 Å². The molecule has 1 aliphatic heterocycles. The van der Waals surface area contributed by atoms with Gasteiger partial charge in [-0.15, -0.1) is 5.10 Å². The van der Waals surface area contributed by atoms with E-state index < -0.39 is 0 Å². The first kappa shape index (κ1) is 20.3. The second kappa shape index (κ2) is 8.16. The molecule has 1 saturated heterocycles. The van der Waals surface area contributed by atoms with Gasteiger partial charge in [0.15, 0.2) is 5.82 Å². The van der Waals surface area contributed by atoms with Gasteiger partial charge in [0.1, 0.15) is 6.04 Å². The number of rotatable bonds is 4. The highest BCUT2D eigenvalue weighted by molar-refractivity contribution is 5.81. The molecule has 0 amide bonds. The van der Waals surface area contributed by atoms with Gasteiger partial charge in [0.05, 0.1) is 6.04 Å². The normalized spacial score (nSPS) is 20.0. The minimum Gasteiger partial charge on any atom is -0.322 e. The maximum atomic E-state index is 13.3. The van der Waals surface area contributed by atoms with E-state index in [1.165, 1.54) is 24.0 Å². The largest absolute Gasteiger partial charge is 0.322 e. The lowest BCUT2D eigenvalue weighted by Gasteiger charge is -2.37. The highest BCUT2D eigenvalue weighted by Gasteiger charge is 2.34. The van der Waals surface area contributed by atoms with E-state index in [0.717, 1.165) is 61.3 Å². The summed E-state index contributed by atoms with van der Waals surface area (Å²) in [5.41, 5.74) is 3.95. The van der Waals surface area contributed by atoms with Crippen molar-refractivity contribution in [2.24, 2.45) is 0 Å². The van der Waals surface area contributed by atoms with Crippen molar-refractivity contribution in [3.05, 3.63) is 51.1 Å². The van der Waals surface area contributed by atoms with Gasteiger partial charge in [-0.3, -0.25) is 9.69 Å². The predicted octanol–water partition coefficient (Wildman–Crippen LogP) is 2.58. The van der Waals surface area contributed by atoms with Crippen LogP contribution in [0.1, 0.15) is 60.3 Å². The van der Waals surface area contributed by atoms with E-state index in [1.54, 1.807) is 0 Å². The Morgan fingerprint density at radius 2 is 1.74 bits per heavy atom. The van der Waals surface area contributed by atoms with Gasteiger partial charge < -0.3 is 9.88 Å². The van der Waals surface area contributed by atoms with Crippen LogP contribution in [0.25, 0.3) is 10.9 Å². The lowest BCUT2D eigenvalue weighted by Crippen LogP contribution is -2.47. The molecule has 0 unspecified atom stereocenters. The number of likely N-dealkylation sites (N-methyl/N-ethyl adjacent to an activating group) is 1. The number of nitrogens with one attached hydrogen (secondary N) is 1. The molecule has 1 saturated carbocycles. The molecule has 1 aliphatic carbocycles. The van der Waals surface area contributed by atoms with Gasteiger partial charge in [-0.25, -0.2) is 4.68 Å². The standard InChI is InChI=1S/C23H31N7O/c1-15-12-17-14-19(23(31)24-20(17)13-16(15)2)21(29-10-8-28(3)9-11-29)22-25-26-27-30(22)18-6-4-5-7-18/h12-14,18,21H,4-11H2,1-3H3,(H,24,31)/t21-/m1/s1. The third-order valence-corrected chi connectivity index (χ3v) is 7.12. The van der Waals surface area contributed by atoms with Crippen LogP contribution in [0.15, 0.2) is 23.0 Å². The zero-order chi connectivity index (χ0) is 21.5. The number of piperazine rings is 1. The van der Waals surface area contributed by atoms with Crippen LogP contribution in [-0.2, 0) is 0 Å². The molecule has 0 bridgehead atoms. The van der Waals surface area contributed by atoms with Gasteiger partial charge in [-0.2, -0.15) is 0 Å². The number of fused-ring (bicyclic) bond motifs is 1. The lowest BCUT2D eigenvalue weighted by atomic mass is 10.00. The molecule has 0 radical (unpaired) electrons. The van der Waals surface area contributed by atoms with Gasteiger partial charge >= 0.3 is 0 Å². The average molecular weight is 422 g/mol. The highest BCUT2D eigenvalue weighted by Crippen LogP contribution is 2.34. The number of tetrazole rings is 1. The van der Waals surface area contributed by atoms with E-state index in [-0.39, 0.29) is 11.6 Å². The Balaban J connectivity index is 1.65. The second-order valence-electron chi connectivity index (χ2n) is 9.24. The van der Waals surface area contributed by atoms with Crippen LogP contribution in [0.3, 0.4) is 0 Å². The molecule has 8 heteroatoms. The smallest absolute Gasteiger partial charge is 0.253 e. The van der Waals surface area contributed by atoms with Crippen LogP contribution >= 0.6 is 0 Å². The van der Waals surface area contributed by atoms with E-state index >= 15 is 0 Å². The molecule has 2 aromatic heterocycles. The summed E-state index contributed by atoms with van der Waals surface area (Å²) in [6.45, 7) is 7.87. The van der Waals surface area contributed by atoms with Crippen LogP contribution in [0.2, 0.25) is 0 Å². The third-order valence-electron chi connectivity index (χ3n) is 7.12. The Bertz CT molecular complexity index is 1140. The fraction of sp³-hybridized carbons (Fsp3) is 0.565. The Labute approximate surface area is 182 Å². The number of hydrogen-bond acceptors (Lipinski definition) is 6.